The zero-order chi connectivity index (χ0) is 16.1. The molecule has 0 amide bonds. The van der Waals surface area contributed by atoms with E-state index in [0.29, 0.717) is 36.2 Å². The molecule has 1 aliphatic heterocycles. The van der Waals surface area contributed by atoms with Crippen molar-refractivity contribution in [2.45, 2.75) is 12.7 Å². The normalized spacial score (nSPS) is 17.7. The molecule has 1 saturated heterocycles. The van der Waals surface area contributed by atoms with Gasteiger partial charge in [0.15, 0.2) is 6.61 Å². The Bertz CT molecular complexity index is 667. The summed E-state index contributed by atoms with van der Waals surface area (Å²) in [6, 6.07) is 6.70. The van der Waals surface area contributed by atoms with Crippen LogP contribution in [0.1, 0.15) is 28.2 Å². The molecule has 1 aliphatic rings. The highest BCUT2D eigenvalue weighted by Gasteiger charge is 2.22. The highest BCUT2D eigenvalue weighted by Crippen LogP contribution is 2.18. The van der Waals surface area contributed by atoms with Crippen LogP contribution in [0.4, 0.5) is 0 Å². The average molecular weight is 319 g/mol. The van der Waals surface area contributed by atoms with Crippen LogP contribution < -0.4 is 10.1 Å². The predicted molar refractivity (Wildman–Crippen MR) is 78.0 cm³/mol. The minimum Gasteiger partial charge on any atom is -0.485 e. The number of nitrogens with zero attached hydrogens (tertiary/aromatic N) is 2. The Balaban J connectivity index is 1.60. The van der Waals surface area contributed by atoms with Gasteiger partial charge in [-0.2, -0.15) is 4.98 Å². The van der Waals surface area contributed by atoms with E-state index in [9.17, 15) is 4.79 Å². The Hall–Kier alpha value is -2.45. The first-order chi connectivity index (χ1) is 11.3. The molecule has 0 saturated carbocycles. The molecular weight excluding hydrogens is 302 g/mol. The lowest BCUT2D eigenvalue weighted by atomic mass is 10.2. The van der Waals surface area contributed by atoms with Crippen LogP contribution in [0.3, 0.4) is 0 Å². The summed E-state index contributed by atoms with van der Waals surface area (Å²) in [5.41, 5.74) is 0.417. The summed E-state index contributed by atoms with van der Waals surface area (Å²) in [7, 11) is 1.33. The fraction of sp³-hybridized carbons (Fsp3) is 0.400. The van der Waals surface area contributed by atoms with Gasteiger partial charge in [-0.15, -0.1) is 0 Å². The molecule has 1 aromatic carbocycles. The third-order valence-corrected chi connectivity index (χ3v) is 3.31. The van der Waals surface area contributed by atoms with E-state index >= 15 is 0 Å². The van der Waals surface area contributed by atoms with Crippen molar-refractivity contribution in [1.82, 2.24) is 15.5 Å². The number of esters is 1. The van der Waals surface area contributed by atoms with E-state index in [0.717, 1.165) is 6.54 Å². The van der Waals surface area contributed by atoms with Crippen LogP contribution in [0.5, 0.6) is 5.75 Å². The van der Waals surface area contributed by atoms with Crippen LogP contribution in [-0.2, 0) is 16.1 Å². The molecule has 0 unspecified atom stereocenters. The summed E-state index contributed by atoms with van der Waals surface area (Å²) < 4.78 is 21.0. The smallest absolute Gasteiger partial charge is 0.337 e. The molecule has 0 bridgehead atoms. The number of hydrogen-bond acceptors (Lipinski definition) is 8. The van der Waals surface area contributed by atoms with Gasteiger partial charge in [0, 0.05) is 13.1 Å². The van der Waals surface area contributed by atoms with E-state index < -0.39 is 5.97 Å². The molecule has 0 radical (unpaired) electrons. The first kappa shape index (κ1) is 15.4. The first-order valence-electron chi connectivity index (χ1n) is 7.22. The van der Waals surface area contributed by atoms with Gasteiger partial charge < -0.3 is 24.1 Å². The van der Waals surface area contributed by atoms with Crippen molar-refractivity contribution in [2.24, 2.45) is 0 Å². The third kappa shape index (κ3) is 3.85. The Morgan fingerprint density at radius 2 is 2.39 bits per heavy atom. The molecule has 2 heterocycles. The number of morpholine rings is 1. The largest absolute Gasteiger partial charge is 0.485 e. The number of benzene rings is 1. The molecule has 23 heavy (non-hydrogen) atoms. The highest BCUT2D eigenvalue weighted by atomic mass is 16.5. The van der Waals surface area contributed by atoms with Gasteiger partial charge in [-0.1, -0.05) is 11.2 Å². The second-order valence-electron chi connectivity index (χ2n) is 4.92. The predicted octanol–water partition coefficient (Wildman–Crippen LogP) is 1.10. The van der Waals surface area contributed by atoms with E-state index in [1.54, 1.807) is 24.3 Å². The molecule has 1 atom stereocenters. The number of rotatable bonds is 5. The minimum atomic E-state index is -0.417. The van der Waals surface area contributed by atoms with Gasteiger partial charge in [0.05, 0.1) is 19.3 Å². The van der Waals surface area contributed by atoms with Gasteiger partial charge in [0.25, 0.3) is 5.89 Å². The molecule has 0 aliphatic carbocycles. The molecule has 2 aromatic rings. The summed E-state index contributed by atoms with van der Waals surface area (Å²) in [5.74, 6) is 0.950. The number of aromatic nitrogens is 2. The second-order valence-corrected chi connectivity index (χ2v) is 4.92. The molecule has 1 fully saturated rings. The fourth-order valence-electron chi connectivity index (χ4n) is 2.16. The zero-order valence-corrected chi connectivity index (χ0v) is 12.7. The maximum atomic E-state index is 11.5. The SMILES string of the molecule is COC(=O)c1cccc(OCc2noc([C@@H]3CNCCO3)n2)c1. The average Bonchev–Trinajstić information content (AvgIpc) is 3.09. The maximum absolute atomic E-state index is 11.5. The quantitative estimate of drug-likeness (QED) is 0.818. The lowest BCUT2D eigenvalue weighted by Gasteiger charge is -2.19. The van der Waals surface area contributed by atoms with Crippen molar-refractivity contribution < 1.29 is 23.5 Å². The third-order valence-electron chi connectivity index (χ3n) is 3.31. The number of carbonyl (C=O) groups is 1. The van der Waals surface area contributed by atoms with E-state index in [2.05, 4.69) is 20.2 Å². The summed E-state index contributed by atoms with van der Waals surface area (Å²) in [6.45, 7) is 2.20. The Morgan fingerprint density at radius 3 is 3.17 bits per heavy atom. The minimum absolute atomic E-state index is 0.133. The molecule has 8 nitrogen and oxygen atoms in total. The van der Waals surface area contributed by atoms with Crippen LogP contribution in [0.15, 0.2) is 28.8 Å². The van der Waals surface area contributed by atoms with E-state index in [1.807, 2.05) is 0 Å². The fourth-order valence-corrected chi connectivity index (χ4v) is 2.16. The standard InChI is InChI=1S/C15H17N3O5/c1-20-15(19)10-3-2-4-11(7-10)22-9-13-17-14(23-18-13)12-8-16-5-6-21-12/h2-4,7,12,16H,5-6,8-9H2,1H3/t12-/m0/s1. The van der Waals surface area contributed by atoms with Crippen LogP contribution in [0.2, 0.25) is 0 Å². The van der Waals surface area contributed by atoms with Crippen molar-refractivity contribution in [3.63, 3.8) is 0 Å². The Kier molecular flexibility index (Phi) is 4.84. The van der Waals surface area contributed by atoms with Crippen molar-refractivity contribution in [3.8, 4) is 5.75 Å². The van der Waals surface area contributed by atoms with Crippen molar-refractivity contribution in [3.05, 3.63) is 41.5 Å². The van der Waals surface area contributed by atoms with E-state index in [4.69, 9.17) is 14.0 Å². The lowest BCUT2D eigenvalue weighted by molar-refractivity contribution is 0.00755. The Labute approximate surface area is 132 Å². The van der Waals surface area contributed by atoms with E-state index in [1.165, 1.54) is 7.11 Å². The summed E-state index contributed by atoms with van der Waals surface area (Å²) in [6.07, 6.45) is -0.229. The summed E-state index contributed by atoms with van der Waals surface area (Å²) >= 11 is 0. The van der Waals surface area contributed by atoms with Gasteiger partial charge in [0.2, 0.25) is 5.82 Å². The van der Waals surface area contributed by atoms with Crippen LogP contribution >= 0.6 is 0 Å². The number of methoxy groups -OCH3 is 1. The number of carbonyl (C=O) groups excluding carboxylic acids is 1. The molecule has 8 heteroatoms. The summed E-state index contributed by atoms with van der Waals surface area (Å²) in [5, 5.41) is 7.06. The maximum Gasteiger partial charge on any atom is 0.337 e. The van der Waals surface area contributed by atoms with Crippen LogP contribution in [-0.4, -0.2) is 42.9 Å². The van der Waals surface area contributed by atoms with Crippen molar-refractivity contribution in [2.75, 3.05) is 26.8 Å². The highest BCUT2D eigenvalue weighted by molar-refractivity contribution is 5.89. The summed E-state index contributed by atoms with van der Waals surface area (Å²) in [4.78, 5) is 15.7. The molecule has 122 valence electrons. The van der Waals surface area contributed by atoms with Crippen molar-refractivity contribution in [1.29, 1.82) is 0 Å². The van der Waals surface area contributed by atoms with Crippen LogP contribution in [0.25, 0.3) is 0 Å². The molecule has 1 N–H and O–H groups in total. The topological polar surface area (TPSA) is 95.7 Å². The van der Waals surface area contributed by atoms with Crippen molar-refractivity contribution >= 4 is 5.97 Å². The number of nitrogens with one attached hydrogen (secondary N) is 1. The number of hydrogen-bond donors (Lipinski definition) is 1. The monoisotopic (exact) mass is 319 g/mol. The van der Waals surface area contributed by atoms with Gasteiger partial charge in [-0.05, 0) is 18.2 Å². The van der Waals surface area contributed by atoms with E-state index in [-0.39, 0.29) is 12.7 Å². The molecule has 1 aromatic heterocycles. The second kappa shape index (κ2) is 7.21. The van der Waals surface area contributed by atoms with Gasteiger partial charge in [0.1, 0.15) is 11.9 Å². The first-order valence-corrected chi connectivity index (χ1v) is 7.22. The van der Waals surface area contributed by atoms with Crippen LogP contribution in [0, 0.1) is 0 Å². The zero-order valence-electron chi connectivity index (χ0n) is 12.7. The van der Waals surface area contributed by atoms with Gasteiger partial charge in [-0.25, -0.2) is 4.79 Å². The Morgan fingerprint density at radius 1 is 1.48 bits per heavy atom. The van der Waals surface area contributed by atoms with Gasteiger partial charge in [-0.3, -0.25) is 0 Å². The molecule has 3 rings (SSSR count). The van der Waals surface area contributed by atoms with Gasteiger partial charge >= 0.3 is 5.97 Å². The number of ether oxygens (including phenoxy) is 3. The lowest BCUT2D eigenvalue weighted by Crippen LogP contribution is -2.33. The molecule has 0 spiro atoms. The molecular formula is C15H17N3O5.